The number of benzene rings is 1. The second-order valence-corrected chi connectivity index (χ2v) is 7.96. The quantitative estimate of drug-likeness (QED) is 0.797. The number of amides is 3. The van der Waals surface area contributed by atoms with Gasteiger partial charge in [-0.25, -0.2) is 0 Å². The largest absolute Gasteiger partial charge is 0.343 e. The minimum atomic E-state index is -0.687. The first-order chi connectivity index (χ1) is 13.1. The van der Waals surface area contributed by atoms with E-state index in [9.17, 15) is 14.4 Å². The number of carbonyl (C=O) groups excluding carboxylic acids is 3. The number of hydrogen-bond donors (Lipinski definition) is 2. The maximum absolute atomic E-state index is 12.4. The van der Waals surface area contributed by atoms with E-state index in [2.05, 4.69) is 10.6 Å². The fourth-order valence-corrected chi connectivity index (χ4v) is 3.95. The van der Waals surface area contributed by atoms with Crippen molar-refractivity contribution in [3.63, 3.8) is 0 Å². The lowest BCUT2D eigenvalue weighted by Gasteiger charge is -2.30. The van der Waals surface area contributed by atoms with Gasteiger partial charge in [0.2, 0.25) is 5.91 Å². The molecule has 1 saturated carbocycles. The highest BCUT2D eigenvalue weighted by atomic mass is 32.1. The lowest BCUT2D eigenvalue weighted by molar-refractivity contribution is -0.136. The molecule has 0 unspecified atom stereocenters. The molecular weight excluding hydrogens is 362 g/mol. The molecule has 0 saturated heterocycles. The molecule has 7 heteroatoms. The van der Waals surface area contributed by atoms with Crippen LogP contribution < -0.4 is 15.5 Å². The molecule has 1 aliphatic heterocycles. The maximum atomic E-state index is 12.4. The van der Waals surface area contributed by atoms with Crippen LogP contribution in [-0.4, -0.2) is 24.3 Å². The number of hydrogen-bond acceptors (Lipinski definition) is 4. The molecule has 1 aliphatic carbocycles. The van der Waals surface area contributed by atoms with Crippen LogP contribution in [0.5, 0.6) is 0 Å². The lowest BCUT2D eigenvalue weighted by Crippen LogP contribution is -2.37. The molecule has 2 aromatic rings. The molecule has 140 valence electrons. The fourth-order valence-electron chi connectivity index (χ4n) is 3.30. The first-order valence-electron chi connectivity index (χ1n) is 9.17. The Bertz CT molecular complexity index is 875. The molecule has 2 heterocycles. The van der Waals surface area contributed by atoms with E-state index in [0.29, 0.717) is 12.2 Å². The van der Waals surface area contributed by atoms with Gasteiger partial charge < -0.3 is 15.5 Å². The number of fused-ring (bicyclic) bond motifs is 1. The smallest absolute Gasteiger partial charge is 0.313 e. The molecule has 0 radical (unpaired) electrons. The van der Waals surface area contributed by atoms with Crippen LogP contribution in [0.2, 0.25) is 0 Å². The van der Waals surface area contributed by atoms with Gasteiger partial charge in [-0.15, -0.1) is 11.3 Å². The monoisotopic (exact) mass is 383 g/mol. The summed E-state index contributed by atoms with van der Waals surface area (Å²) in [5, 5.41) is 7.19. The number of nitrogens with one attached hydrogen (secondary N) is 2. The van der Waals surface area contributed by atoms with Crippen molar-refractivity contribution in [2.45, 2.75) is 32.2 Å². The Hall–Kier alpha value is -2.67. The van der Waals surface area contributed by atoms with Gasteiger partial charge in [0.05, 0.1) is 6.54 Å². The Morgan fingerprint density at radius 2 is 2.00 bits per heavy atom. The average Bonchev–Trinajstić information content (AvgIpc) is 3.40. The maximum Gasteiger partial charge on any atom is 0.313 e. The summed E-state index contributed by atoms with van der Waals surface area (Å²) < 4.78 is 0. The summed E-state index contributed by atoms with van der Waals surface area (Å²) in [6, 6.07) is 9.29. The number of thiophene rings is 1. The highest BCUT2D eigenvalue weighted by Gasteiger charge is 2.35. The zero-order valence-electron chi connectivity index (χ0n) is 14.9. The molecule has 3 amide bonds. The van der Waals surface area contributed by atoms with Crippen LogP contribution in [0.15, 0.2) is 35.7 Å². The van der Waals surface area contributed by atoms with Crippen LogP contribution in [0.1, 0.15) is 29.7 Å². The molecule has 2 aliphatic rings. The van der Waals surface area contributed by atoms with Gasteiger partial charge in [0.1, 0.15) is 0 Å². The Morgan fingerprint density at radius 1 is 1.15 bits per heavy atom. The summed E-state index contributed by atoms with van der Waals surface area (Å²) in [6.07, 6.45) is 3.74. The summed E-state index contributed by atoms with van der Waals surface area (Å²) in [5.41, 5.74) is 2.54. The number of carbonyl (C=O) groups is 3. The van der Waals surface area contributed by atoms with E-state index in [1.165, 1.54) is 11.3 Å². The topological polar surface area (TPSA) is 78.5 Å². The molecule has 0 bridgehead atoms. The van der Waals surface area contributed by atoms with Gasteiger partial charge in [-0.05, 0) is 60.9 Å². The predicted molar refractivity (Wildman–Crippen MR) is 105 cm³/mol. The van der Waals surface area contributed by atoms with Crippen molar-refractivity contribution in [2.75, 3.05) is 16.8 Å². The van der Waals surface area contributed by atoms with E-state index in [4.69, 9.17) is 0 Å². The fraction of sp³-hybridized carbons (Fsp3) is 0.350. The molecule has 1 fully saturated rings. The zero-order valence-corrected chi connectivity index (χ0v) is 15.7. The van der Waals surface area contributed by atoms with Gasteiger partial charge in [-0.2, -0.15) is 0 Å². The van der Waals surface area contributed by atoms with Crippen molar-refractivity contribution in [2.24, 2.45) is 5.92 Å². The van der Waals surface area contributed by atoms with Crippen molar-refractivity contribution in [3.05, 3.63) is 46.2 Å². The SMILES string of the molecule is O=C(NCc1cccs1)C(=O)Nc1ccc2c(c1)CCCN2C(=O)C1CC1. The van der Waals surface area contributed by atoms with Crippen LogP contribution in [-0.2, 0) is 27.3 Å². The van der Waals surface area contributed by atoms with Crippen LogP contribution >= 0.6 is 11.3 Å². The number of anilines is 2. The van der Waals surface area contributed by atoms with Crippen molar-refractivity contribution >= 4 is 40.4 Å². The lowest BCUT2D eigenvalue weighted by atomic mass is 10.0. The van der Waals surface area contributed by atoms with Gasteiger partial charge in [-0.1, -0.05) is 6.07 Å². The van der Waals surface area contributed by atoms with Crippen LogP contribution in [0, 0.1) is 5.92 Å². The number of nitrogens with zero attached hydrogens (tertiary/aromatic N) is 1. The Balaban J connectivity index is 1.40. The Kier molecular flexibility index (Phi) is 4.94. The first-order valence-corrected chi connectivity index (χ1v) is 10.1. The number of rotatable bonds is 4. The Labute approximate surface area is 161 Å². The van der Waals surface area contributed by atoms with E-state index in [0.717, 1.165) is 48.4 Å². The van der Waals surface area contributed by atoms with Gasteiger partial charge in [0.15, 0.2) is 0 Å². The summed E-state index contributed by atoms with van der Waals surface area (Å²) in [7, 11) is 0. The standard InChI is InChI=1S/C20H21N3O3S/c24-18(21-12-16-4-2-10-27-16)19(25)22-15-7-8-17-14(11-15)3-1-9-23(17)20(26)13-5-6-13/h2,4,7-8,10-11,13H,1,3,5-6,9,12H2,(H,21,24)(H,22,25). The highest BCUT2D eigenvalue weighted by molar-refractivity contribution is 7.09. The summed E-state index contributed by atoms with van der Waals surface area (Å²) in [6.45, 7) is 1.09. The predicted octanol–water partition coefficient (Wildman–Crippen LogP) is 2.69. The van der Waals surface area contributed by atoms with E-state index in [1.54, 1.807) is 6.07 Å². The van der Waals surface area contributed by atoms with E-state index in [-0.39, 0.29) is 11.8 Å². The molecule has 2 N–H and O–H groups in total. The summed E-state index contributed by atoms with van der Waals surface area (Å²) in [4.78, 5) is 39.4. The molecule has 27 heavy (non-hydrogen) atoms. The minimum absolute atomic E-state index is 0.183. The molecule has 0 spiro atoms. The van der Waals surface area contributed by atoms with E-state index < -0.39 is 11.8 Å². The van der Waals surface area contributed by atoms with Crippen LogP contribution in [0.3, 0.4) is 0 Å². The van der Waals surface area contributed by atoms with Gasteiger partial charge in [-0.3, -0.25) is 14.4 Å². The second kappa shape index (κ2) is 7.52. The minimum Gasteiger partial charge on any atom is -0.343 e. The molecule has 4 rings (SSSR count). The molecule has 6 nitrogen and oxygen atoms in total. The van der Waals surface area contributed by atoms with Crippen molar-refractivity contribution < 1.29 is 14.4 Å². The molecular formula is C20H21N3O3S. The van der Waals surface area contributed by atoms with Gasteiger partial charge in [0.25, 0.3) is 0 Å². The van der Waals surface area contributed by atoms with Gasteiger partial charge >= 0.3 is 11.8 Å². The molecule has 0 atom stereocenters. The second-order valence-electron chi connectivity index (χ2n) is 6.93. The zero-order chi connectivity index (χ0) is 18.8. The van der Waals surface area contributed by atoms with Crippen molar-refractivity contribution in [1.29, 1.82) is 0 Å². The third-order valence-electron chi connectivity index (χ3n) is 4.86. The molecule has 1 aromatic carbocycles. The highest BCUT2D eigenvalue weighted by Crippen LogP contribution is 2.36. The van der Waals surface area contributed by atoms with Crippen molar-refractivity contribution in [3.8, 4) is 0 Å². The normalized spacial score (nSPS) is 15.8. The first kappa shape index (κ1) is 17.7. The summed E-state index contributed by atoms with van der Waals surface area (Å²) in [5.74, 6) is -0.956. The van der Waals surface area contributed by atoms with Gasteiger partial charge in [0, 0.05) is 28.7 Å². The van der Waals surface area contributed by atoms with E-state index >= 15 is 0 Å². The van der Waals surface area contributed by atoms with Crippen LogP contribution in [0.25, 0.3) is 0 Å². The van der Waals surface area contributed by atoms with E-state index in [1.807, 2.05) is 34.5 Å². The van der Waals surface area contributed by atoms with Crippen LogP contribution in [0.4, 0.5) is 11.4 Å². The third-order valence-corrected chi connectivity index (χ3v) is 5.73. The summed E-state index contributed by atoms with van der Waals surface area (Å²) >= 11 is 1.53. The Morgan fingerprint density at radius 3 is 2.74 bits per heavy atom. The van der Waals surface area contributed by atoms with Crippen molar-refractivity contribution in [1.82, 2.24) is 5.32 Å². The number of aryl methyl sites for hydroxylation is 1. The third kappa shape index (κ3) is 4.03. The molecule has 1 aromatic heterocycles. The average molecular weight is 383 g/mol.